The summed E-state index contributed by atoms with van der Waals surface area (Å²) < 4.78 is 42.9. The standard InChI is InChI=1S/C27H46O7S/c1-5-6-18-27(2,3)24(28)17-16-21-22(34-26-15-11-12-19-33-26)20-35(30,31)23(21)13-9-7-8-10-14-25(29)32-4/h16-17,21-23,26H,5-15,18-20H2,1-4H3/t21-,22+,23+,26?/m1/s1. The molecule has 0 aromatic rings. The lowest BCUT2D eigenvalue weighted by atomic mass is 9.82. The van der Waals surface area contributed by atoms with Gasteiger partial charge < -0.3 is 14.2 Å². The van der Waals surface area contributed by atoms with Crippen LogP contribution < -0.4 is 0 Å². The van der Waals surface area contributed by atoms with Crippen LogP contribution >= 0.6 is 0 Å². The minimum atomic E-state index is -3.36. The van der Waals surface area contributed by atoms with Crippen LogP contribution in [0, 0.1) is 11.3 Å². The molecular weight excluding hydrogens is 468 g/mol. The number of ketones is 1. The highest BCUT2D eigenvalue weighted by molar-refractivity contribution is 7.92. The molecule has 0 N–H and O–H groups in total. The number of allylic oxidation sites excluding steroid dienone is 1. The third-order valence-electron chi connectivity index (χ3n) is 7.32. The fraction of sp³-hybridized carbons (Fsp3) is 0.852. The Hall–Kier alpha value is -1.25. The minimum absolute atomic E-state index is 0.0319. The Kier molecular flexibility index (Phi) is 12.4. The van der Waals surface area contributed by atoms with Gasteiger partial charge in [-0.2, -0.15) is 0 Å². The first-order valence-corrected chi connectivity index (χ1v) is 15.1. The molecule has 7 nitrogen and oxygen atoms in total. The largest absolute Gasteiger partial charge is 0.469 e. The van der Waals surface area contributed by atoms with Gasteiger partial charge in [0.05, 0.1) is 24.2 Å². The monoisotopic (exact) mass is 514 g/mol. The van der Waals surface area contributed by atoms with E-state index in [-0.39, 0.29) is 29.7 Å². The Morgan fingerprint density at radius 3 is 2.49 bits per heavy atom. The van der Waals surface area contributed by atoms with Crippen LogP contribution in [0.3, 0.4) is 0 Å². The van der Waals surface area contributed by atoms with E-state index in [1.807, 2.05) is 13.8 Å². The van der Waals surface area contributed by atoms with E-state index in [4.69, 9.17) is 9.47 Å². The van der Waals surface area contributed by atoms with E-state index >= 15 is 0 Å². The van der Waals surface area contributed by atoms with Crippen molar-refractivity contribution in [2.75, 3.05) is 19.5 Å². The number of methoxy groups -OCH3 is 1. The normalized spacial score (nSPS) is 26.7. The molecular formula is C27H46O7S. The van der Waals surface area contributed by atoms with Crippen molar-refractivity contribution in [1.29, 1.82) is 0 Å². The molecule has 35 heavy (non-hydrogen) atoms. The first-order chi connectivity index (χ1) is 16.6. The van der Waals surface area contributed by atoms with Gasteiger partial charge in [0.2, 0.25) is 0 Å². The van der Waals surface area contributed by atoms with Crippen molar-refractivity contribution >= 4 is 21.6 Å². The first kappa shape index (κ1) is 30.0. The number of rotatable bonds is 15. The van der Waals surface area contributed by atoms with Crippen molar-refractivity contribution < 1.29 is 32.2 Å². The molecule has 0 amide bonds. The Morgan fingerprint density at radius 1 is 1.09 bits per heavy atom. The van der Waals surface area contributed by atoms with Crippen molar-refractivity contribution in [2.24, 2.45) is 11.3 Å². The second-order valence-electron chi connectivity index (χ2n) is 10.7. The lowest BCUT2D eigenvalue weighted by molar-refractivity contribution is -0.188. The van der Waals surface area contributed by atoms with Crippen LogP contribution in [0.15, 0.2) is 12.2 Å². The molecule has 1 unspecified atom stereocenters. The van der Waals surface area contributed by atoms with Gasteiger partial charge in [-0.05, 0) is 44.6 Å². The van der Waals surface area contributed by atoms with Gasteiger partial charge in [-0.1, -0.05) is 59.0 Å². The summed E-state index contributed by atoms with van der Waals surface area (Å²) in [6, 6.07) is 0. The summed E-state index contributed by atoms with van der Waals surface area (Å²) in [6.45, 7) is 6.64. The van der Waals surface area contributed by atoms with Crippen molar-refractivity contribution in [2.45, 2.75) is 115 Å². The van der Waals surface area contributed by atoms with Gasteiger partial charge in [0.25, 0.3) is 0 Å². The van der Waals surface area contributed by atoms with Crippen LogP contribution in [0.1, 0.15) is 97.8 Å². The molecule has 0 aliphatic carbocycles. The zero-order valence-electron chi connectivity index (χ0n) is 22.1. The molecule has 0 radical (unpaired) electrons. The zero-order chi connectivity index (χ0) is 25.9. The zero-order valence-corrected chi connectivity index (χ0v) is 22.9. The van der Waals surface area contributed by atoms with Gasteiger partial charge in [0, 0.05) is 24.4 Å². The molecule has 2 aliphatic heterocycles. The van der Waals surface area contributed by atoms with Crippen LogP contribution in [-0.2, 0) is 33.6 Å². The highest BCUT2D eigenvalue weighted by Gasteiger charge is 2.47. The first-order valence-electron chi connectivity index (χ1n) is 13.4. The Morgan fingerprint density at radius 2 is 1.83 bits per heavy atom. The van der Waals surface area contributed by atoms with Crippen LogP contribution in [-0.4, -0.2) is 57.3 Å². The lowest BCUT2D eigenvalue weighted by Crippen LogP contribution is -2.33. The van der Waals surface area contributed by atoms with Gasteiger partial charge in [0.15, 0.2) is 21.9 Å². The van der Waals surface area contributed by atoms with E-state index < -0.39 is 26.6 Å². The quantitative estimate of drug-likeness (QED) is 0.169. The molecule has 2 aliphatic rings. The van der Waals surface area contributed by atoms with Crippen LogP contribution in [0.5, 0.6) is 0 Å². The number of unbranched alkanes of at least 4 members (excludes halogenated alkanes) is 4. The summed E-state index contributed by atoms with van der Waals surface area (Å²) in [5, 5.41) is -0.570. The molecule has 0 aromatic heterocycles. The van der Waals surface area contributed by atoms with Crippen molar-refractivity contribution in [3.8, 4) is 0 Å². The Bertz CT molecular complexity index is 796. The minimum Gasteiger partial charge on any atom is -0.469 e. The van der Waals surface area contributed by atoms with Gasteiger partial charge >= 0.3 is 5.97 Å². The van der Waals surface area contributed by atoms with Gasteiger partial charge in [-0.3, -0.25) is 9.59 Å². The maximum absolute atomic E-state index is 13.2. The van der Waals surface area contributed by atoms with E-state index in [1.165, 1.54) is 7.11 Å². The predicted octanol–water partition coefficient (Wildman–Crippen LogP) is 5.17. The Balaban J connectivity index is 2.08. The molecule has 2 saturated heterocycles. The number of hydrogen-bond acceptors (Lipinski definition) is 7. The van der Waals surface area contributed by atoms with Crippen molar-refractivity contribution in [3.63, 3.8) is 0 Å². The molecule has 2 rings (SSSR count). The summed E-state index contributed by atoms with van der Waals surface area (Å²) in [5.74, 6) is -0.594. The van der Waals surface area contributed by atoms with Crippen LogP contribution in [0.4, 0.5) is 0 Å². The van der Waals surface area contributed by atoms with Crippen LogP contribution in [0.2, 0.25) is 0 Å². The summed E-state index contributed by atoms with van der Waals surface area (Å²) in [7, 11) is -1.98. The maximum Gasteiger partial charge on any atom is 0.305 e. The SMILES string of the molecule is CCCCC(C)(C)C(=O)C=C[C@@H]1[C@@H](OC2CCCCO2)CS(=O)(=O)[C@H]1CCCCCCC(=O)OC. The van der Waals surface area contributed by atoms with E-state index in [1.54, 1.807) is 12.2 Å². The average molecular weight is 515 g/mol. The Labute approximate surface area is 212 Å². The molecule has 0 spiro atoms. The maximum atomic E-state index is 13.2. The second-order valence-corrected chi connectivity index (χ2v) is 12.9. The lowest BCUT2D eigenvalue weighted by Gasteiger charge is -2.28. The van der Waals surface area contributed by atoms with E-state index in [9.17, 15) is 18.0 Å². The van der Waals surface area contributed by atoms with E-state index in [2.05, 4.69) is 11.7 Å². The van der Waals surface area contributed by atoms with E-state index in [0.717, 1.165) is 64.2 Å². The summed E-state index contributed by atoms with van der Waals surface area (Å²) in [6.07, 6.45) is 12.2. The summed E-state index contributed by atoms with van der Waals surface area (Å²) in [4.78, 5) is 24.2. The number of hydrogen-bond donors (Lipinski definition) is 0. The molecule has 4 atom stereocenters. The highest BCUT2D eigenvalue weighted by atomic mass is 32.2. The fourth-order valence-corrected chi connectivity index (χ4v) is 7.22. The summed E-state index contributed by atoms with van der Waals surface area (Å²) in [5.41, 5.74) is -0.470. The number of sulfone groups is 1. The number of carbonyl (C=O) groups is 2. The predicted molar refractivity (Wildman–Crippen MR) is 137 cm³/mol. The van der Waals surface area contributed by atoms with Gasteiger partial charge in [-0.15, -0.1) is 0 Å². The highest BCUT2D eigenvalue weighted by Crippen LogP contribution is 2.36. The molecule has 202 valence electrons. The molecule has 0 bridgehead atoms. The molecule has 0 saturated carbocycles. The fourth-order valence-electron chi connectivity index (χ4n) is 4.94. The summed E-state index contributed by atoms with van der Waals surface area (Å²) >= 11 is 0. The smallest absolute Gasteiger partial charge is 0.305 e. The number of esters is 1. The molecule has 0 aromatic carbocycles. The van der Waals surface area contributed by atoms with Crippen molar-refractivity contribution in [3.05, 3.63) is 12.2 Å². The second kappa shape index (κ2) is 14.5. The molecule has 8 heteroatoms. The number of ether oxygens (including phenoxy) is 3. The third kappa shape index (κ3) is 9.62. The van der Waals surface area contributed by atoms with Gasteiger partial charge in [0.1, 0.15) is 0 Å². The average Bonchev–Trinajstić information content (AvgIpc) is 3.06. The van der Waals surface area contributed by atoms with Gasteiger partial charge in [-0.25, -0.2) is 8.42 Å². The number of carbonyl (C=O) groups excluding carboxylic acids is 2. The van der Waals surface area contributed by atoms with E-state index in [0.29, 0.717) is 19.4 Å². The molecule has 2 fully saturated rings. The topological polar surface area (TPSA) is 96.0 Å². The third-order valence-corrected chi connectivity index (χ3v) is 9.59. The molecule has 2 heterocycles. The van der Waals surface area contributed by atoms with Crippen LogP contribution in [0.25, 0.3) is 0 Å². The van der Waals surface area contributed by atoms with Crippen molar-refractivity contribution in [1.82, 2.24) is 0 Å².